The number of aryl methyl sites for hydroxylation is 2. The molecule has 2 heterocycles. The van der Waals surface area contributed by atoms with Gasteiger partial charge in [-0.15, -0.1) is 11.3 Å². The minimum Gasteiger partial charge on any atom is -0.397 e. The Labute approximate surface area is 127 Å². The van der Waals surface area contributed by atoms with Gasteiger partial charge in [-0.25, -0.2) is 0 Å². The average molecular weight is 310 g/mol. The van der Waals surface area contributed by atoms with Crippen molar-refractivity contribution in [2.24, 2.45) is 13.0 Å². The second-order valence-electron chi connectivity index (χ2n) is 5.57. The van der Waals surface area contributed by atoms with E-state index in [2.05, 4.69) is 10.4 Å². The molecule has 2 aromatic rings. The van der Waals surface area contributed by atoms with E-state index in [9.17, 15) is 4.79 Å². The van der Waals surface area contributed by atoms with Crippen LogP contribution in [0.4, 0.5) is 5.69 Å². The van der Waals surface area contributed by atoms with Gasteiger partial charge in [0.2, 0.25) is 0 Å². The van der Waals surface area contributed by atoms with Crippen molar-refractivity contribution < 1.29 is 9.90 Å². The summed E-state index contributed by atoms with van der Waals surface area (Å²) in [7, 11) is 1.84. The quantitative estimate of drug-likeness (QED) is 0.783. The first-order valence-electron chi connectivity index (χ1n) is 7.00. The van der Waals surface area contributed by atoms with Crippen LogP contribution in [0, 0.1) is 12.8 Å². The van der Waals surface area contributed by atoms with Crippen LogP contribution in [0.15, 0.2) is 0 Å². The van der Waals surface area contributed by atoms with Gasteiger partial charge in [0, 0.05) is 19.7 Å². The van der Waals surface area contributed by atoms with Gasteiger partial charge >= 0.3 is 0 Å². The number of nitrogens with two attached hydrogens (primary N) is 1. The minimum atomic E-state index is -0.180. The van der Waals surface area contributed by atoms with Crippen LogP contribution in [-0.2, 0) is 7.05 Å². The second-order valence-corrected chi connectivity index (χ2v) is 6.57. The van der Waals surface area contributed by atoms with Crippen LogP contribution in [0.3, 0.4) is 0 Å². The molecule has 0 saturated carbocycles. The number of nitrogens with one attached hydrogen (secondary N) is 1. The lowest BCUT2D eigenvalue weighted by Crippen LogP contribution is -2.39. The molecule has 0 bridgehead atoms. The van der Waals surface area contributed by atoms with Crippen molar-refractivity contribution in [2.45, 2.75) is 33.2 Å². The highest BCUT2D eigenvalue weighted by Crippen LogP contribution is 2.35. The number of amides is 1. The molecule has 7 heteroatoms. The van der Waals surface area contributed by atoms with E-state index in [-0.39, 0.29) is 24.5 Å². The molecule has 0 fully saturated rings. The predicted molar refractivity (Wildman–Crippen MR) is 85.5 cm³/mol. The molecule has 2 rings (SSSR count). The summed E-state index contributed by atoms with van der Waals surface area (Å²) in [6, 6.07) is -0.0636. The normalized spacial score (nSPS) is 13.0. The third-order valence-electron chi connectivity index (χ3n) is 3.65. The average Bonchev–Trinajstić information content (AvgIpc) is 2.88. The van der Waals surface area contributed by atoms with Gasteiger partial charge in [-0.05, 0) is 19.3 Å². The number of thiophene rings is 1. The van der Waals surface area contributed by atoms with Crippen molar-refractivity contribution in [3.8, 4) is 0 Å². The number of anilines is 1. The number of hydrogen-bond acceptors (Lipinski definition) is 5. The maximum Gasteiger partial charge on any atom is 0.263 e. The Bertz CT molecular complexity index is 660. The Balaban J connectivity index is 2.31. The van der Waals surface area contributed by atoms with Gasteiger partial charge in [-0.1, -0.05) is 13.8 Å². The lowest BCUT2D eigenvalue weighted by Gasteiger charge is -2.21. The number of carbonyl (C=O) groups is 1. The third kappa shape index (κ3) is 2.89. The van der Waals surface area contributed by atoms with Gasteiger partial charge in [0.25, 0.3) is 5.91 Å². The zero-order chi connectivity index (χ0) is 15.7. The highest BCUT2D eigenvalue weighted by molar-refractivity contribution is 7.21. The topological polar surface area (TPSA) is 93.2 Å². The van der Waals surface area contributed by atoms with Gasteiger partial charge in [0.05, 0.1) is 16.8 Å². The van der Waals surface area contributed by atoms with Crippen LogP contribution >= 0.6 is 11.3 Å². The standard InChI is InChI=1S/C14H22N4O2S/c1-7(2)9(5-6-19)16-13(20)12-11(15)10-8(3)17-18(4)14(10)21-12/h7,9,19H,5-6,15H2,1-4H3,(H,16,20). The number of rotatable bonds is 5. The summed E-state index contributed by atoms with van der Waals surface area (Å²) in [5, 5.41) is 17.2. The second kappa shape index (κ2) is 6.03. The number of nitrogens with zero attached hydrogens (tertiary/aromatic N) is 2. The fourth-order valence-corrected chi connectivity index (χ4v) is 3.53. The number of carbonyl (C=O) groups excluding carboxylic acids is 1. The molecule has 0 spiro atoms. The summed E-state index contributed by atoms with van der Waals surface area (Å²) >= 11 is 1.35. The van der Waals surface area contributed by atoms with Crippen LogP contribution in [0.2, 0.25) is 0 Å². The van der Waals surface area contributed by atoms with Crippen molar-refractivity contribution in [3.63, 3.8) is 0 Å². The van der Waals surface area contributed by atoms with Crippen LogP contribution < -0.4 is 11.1 Å². The van der Waals surface area contributed by atoms with Gasteiger partial charge in [0.1, 0.15) is 9.71 Å². The predicted octanol–water partition coefficient (Wildman–Crippen LogP) is 1.66. The molecule has 0 aliphatic carbocycles. The highest BCUT2D eigenvalue weighted by atomic mass is 32.1. The maximum absolute atomic E-state index is 12.5. The summed E-state index contributed by atoms with van der Waals surface area (Å²) in [5.41, 5.74) is 7.45. The van der Waals surface area contributed by atoms with Crippen LogP contribution in [0.5, 0.6) is 0 Å². The maximum atomic E-state index is 12.5. The Morgan fingerprint density at radius 3 is 2.71 bits per heavy atom. The number of fused-ring (bicyclic) bond motifs is 1. The SMILES string of the molecule is Cc1nn(C)c2sc(C(=O)NC(CCO)C(C)C)c(N)c12. The molecule has 21 heavy (non-hydrogen) atoms. The summed E-state index contributed by atoms with van der Waals surface area (Å²) in [4.78, 5) is 13.9. The van der Waals surface area contributed by atoms with Crippen molar-refractivity contribution in [1.82, 2.24) is 15.1 Å². The van der Waals surface area contributed by atoms with E-state index < -0.39 is 0 Å². The van der Waals surface area contributed by atoms with E-state index in [0.717, 1.165) is 15.9 Å². The van der Waals surface area contributed by atoms with Crippen LogP contribution in [0.1, 0.15) is 35.6 Å². The molecule has 2 aromatic heterocycles. The number of aromatic nitrogens is 2. The van der Waals surface area contributed by atoms with Crippen LogP contribution in [-0.4, -0.2) is 33.4 Å². The van der Waals surface area contributed by atoms with E-state index in [4.69, 9.17) is 10.8 Å². The van der Waals surface area contributed by atoms with Crippen molar-refractivity contribution in [1.29, 1.82) is 0 Å². The lowest BCUT2D eigenvalue weighted by atomic mass is 10.0. The van der Waals surface area contributed by atoms with Gasteiger partial charge in [-0.3, -0.25) is 9.48 Å². The first-order chi connectivity index (χ1) is 9.86. The van der Waals surface area contributed by atoms with E-state index in [1.165, 1.54) is 11.3 Å². The molecule has 0 aliphatic rings. The molecule has 0 saturated heterocycles. The Morgan fingerprint density at radius 2 is 2.19 bits per heavy atom. The molecule has 116 valence electrons. The molecule has 1 unspecified atom stereocenters. The summed E-state index contributed by atoms with van der Waals surface area (Å²) in [5.74, 6) is 0.0698. The number of nitrogen functional groups attached to an aromatic ring is 1. The number of aliphatic hydroxyl groups excluding tert-OH is 1. The lowest BCUT2D eigenvalue weighted by molar-refractivity contribution is 0.0921. The highest BCUT2D eigenvalue weighted by Gasteiger charge is 2.23. The number of hydrogen-bond donors (Lipinski definition) is 3. The van der Waals surface area contributed by atoms with Gasteiger partial charge in [0.15, 0.2) is 0 Å². The summed E-state index contributed by atoms with van der Waals surface area (Å²) < 4.78 is 1.75. The molecule has 0 aliphatic heterocycles. The van der Waals surface area contributed by atoms with E-state index in [0.29, 0.717) is 17.0 Å². The molecule has 0 radical (unpaired) electrons. The van der Waals surface area contributed by atoms with Gasteiger partial charge < -0.3 is 16.2 Å². The molecule has 6 nitrogen and oxygen atoms in total. The van der Waals surface area contributed by atoms with Crippen LogP contribution in [0.25, 0.3) is 10.2 Å². The molecule has 1 atom stereocenters. The monoisotopic (exact) mass is 310 g/mol. The Kier molecular flexibility index (Phi) is 4.53. The molecule has 4 N–H and O–H groups in total. The smallest absolute Gasteiger partial charge is 0.263 e. The first kappa shape index (κ1) is 15.8. The van der Waals surface area contributed by atoms with Gasteiger partial charge in [-0.2, -0.15) is 5.10 Å². The van der Waals surface area contributed by atoms with E-state index in [1.54, 1.807) is 4.68 Å². The van der Waals surface area contributed by atoms with Crippen molar-refractivity contribution >= 4 is 33.1 Å². The largest absolute Gasteiger partial charge is 0.397 e. The first-order valence-corrected chi connectivity index (χ1v) is 7.81. The van der Waals surface area contributed by atoms with E-state index >= 15 is 0 Å². The van der Waals surface area contributed by atoms with Crippen molar-refractivity contribution in [2.75, 3.05) is 12.3 Å². The Hall–Kier alpha value is -1.60. The molecule has 1 amide bonds. The summed E-state index contributed by atoms with van der Waals surface area (Å²) in [6.45, 7) is 5.97. The zero-order valence-electron chi connectivity index (χ0n) is 12.8. The van der Waals surface area contributed by atoms with E-state index in [1.807, 2.05) is 27.8 Å². The fraction of sp³-hybridized carbons (Fsp3) is 0.571. The zero-order valence-corrected chi connectivity index (χ0v) is 13.6. The third-order valence-corrected chi connectivity index (χ3v) is 4.92. The minimum absolute atomic E-state index is 0.0497. The Morgan fingerprint density at radius 1 is 1.52 bits per heavy atom. The number of aliphatic hydroxyl groups is 1. The molecular formula is C14H22N4O2S. The summed E-state index contributed by atoms with van der Waals surface area (Å²) in [6.07, 6.45) is 0.536. The molecular weight excluding hydrogens is 288 g/mol. The molecule has 0 aromatic carbocycles. The van der Waals surface area contributed by atoms with Crippen molar-refractivity contribution in [3.05, 3.63) is 10.6 Å². The fourth-order valence-electron chi connectivity index (χ4n) is 2.44.